The number of hydrogen-bond acceptors (Lipinski definition) is 2. The summed E-state index contributed by atoms with van der Waals surface area (Å²) >= 11 is 0. The smallest absolute Gasteiger partial charge is 0.0207 e. The summed E-state index contributed by atoms with van der Waals surface area (Å²) in [7, 11) is 0. The Bertz CT molecular complexity index is 193. The van der Waals surface area contributed by atoms with E-state index in [1.807, 2.05) is 0 Å². The molecule has 1 atom stereocenters. The quantitative estimate of drug-likeness (QED) is 0.749. The molecule has 1 aliphatic carbocycles. The van der Waals surface area contributed by atoms with Gasteiger partial charge in [0.1, 0.15) is 0 Å². The topological polar surface area (TPSA) is 15.3 Å². The van der Waals surface area contributed by atoms with Gasteiger partial charge in [-0.05, 0) is 57.7 Å². The van der Waals surface area contributed by atoms with Crippen molar-refractivity contribution in [3.8, 4) is 0 Å². The third-order valence-corrected chi connectivity index (χ3v) is 4.58. The van der Waals surface area contributed by atoms with Crippen molar-refractivity contribution in [2.75, 3.05) is 26.2 Å². The Kier molecular flexibility index (Phi) is 3.68. The molecule has 0 amide bonds. The Hall–Kier alpha value is -0.0800. The predicted molar refractivity (Wildman–Crippen MR) is 65.1 cm³/mol. The summed E-state index contributed by atoms with van der Waals surface area (Å²) in [6.45, 7) is 9.62. The van der Waals surface area contributed by atoms with Gasteiger partial charge >= 0.3 is 0 Å². The van der Waals surface area contributed by atoms with Crippen LogP contribution >= 0.6 is 0 Å². The third-order valence-electron chi connectivity index (χ3n) is 4.58. The minimum absolute atomic E-state index is 0.626. The fourth-order valence-corrected chi connectivity index (χ4v) is 3.26. The highest BCUT2D eigenvalue weighted by molar-refractivity contribution is 4.99. The van der Waals surface area contributed by atoms with Gasteiger partial charge in [-0.2, -0.15) is 0 Å². The van der Waals surface area contributed by atoms with Crippen LogP contribution in [0.2, 0.25) is 0 Å². The molecule has 15 heavy (non-hydrogen) atoms. The molecule has 2 nitrogen and oxygen atoms in total. The monoisotopic (exact) mass is 210 g/mol. The van der Waals surface area contributed by atoms with Gasteiger partial charge in [0.2, 0.25) is 0 Å². The molecule has 2 aliphatic rings. The van der Waals surface area contributed by atoms with Gasteiger partial charge in [-0.3, -0.25) is 4.90 Å². The van der Waals surface area contributed by atoms with E-state index in [0.717, 1.165) is 12.5 Å². The number of nitrogens with one attached hydrogen (secondary N) is 1. The van der Waals surface area contributed by atoms with Crippen LogP contribution in [0, 0.1) is 5.92 Å². The molecular formula is C13H26N2. The maximum Gasteiger partial charge on any atom is 0.0207 e. The molecule has 88 valence electrons. The molecule has 1 N–H and O–H groups in total. The lowest BCUT2D eigenvalue weighted by Crippen LogP contribution is -2.52. The molecule has 1 saturated carbocycles. The second-order valence-electron chi connectivity index (χ2n) is 5.34. The Labute approximate surface area is 94.4 Å². The summed E-state index contributed by atoms with van der Waals surface area (Å²) in [6, 6.07) is 0. The van der Waals surface area contributed by atoms with Crippen molar-refractivity contribution < 1.29 is 0 Å². The van der Waals surface area contributed by atoms with Crippen LogP contribution < -0.4 is 5.32 Å². The first kappa shape index (κ1) is 11.4. The van der Waals surface area contributed by atoms with Gasteiger partial charge in [-0.15, -0.1) is 0 Å². The fourth-order valence-electron chi connectivity index (χ4n) is 3.26. The minimum atomic E-state index is 0.626. The highest BCUT2D eigenvalue weighted by Crippen LogP contribution is 2.42. The van der Waals surface area contributed by atoms with E-state index in [0.29, 0.717) is 5.54 Å². The van der Waals surface area contributed by atoms with E-state index in [1.54, 1.807) is 0 Å². The van der Waals surface area contributed by atoms with Crippen LogP contribution in [0.25, 0.3) is 0 Å². The molecule has 2 fully saturated rings. The zero-order valence-electron chi connectivity index (χ0n) is 10.4. The molecule has 1 aliphatic heterocycles. The first-order valence-corrected chi connectivity index (χ1v) is 6.76. The molecule has 2 rings (SSSR count). The average Bonchev–Trinajstić information content (AvgIpc) is 2.63. The number of rotatable bonds is 5. The second kappa shape index (κ2) is 4.84. The summed E-state index contributed by atoms with van der Waals surface area (Å²) in [5, 5.41) is 3.49. The molecular weight excluding hydrogens is 184 g/mol. The van der Waals surface area contributed by atoms with E-state index >= 15 is 0 Å². The molecule has 0 spiro atoms. The first-order chi connectivity index (χ1) is 7.30. The van der Waals surface area contributed by atoms with E-state index in [4.69, 9.17) is 0 Å². The van der Waals surface area contributed by atoms with Crippen molar-refractivity contribution in [2.24, 2.45) is 5.92 Å². The largest absolute Gasteiger partial charge is 0.317 e. The van der Waals surface area contributed by atoms with E-state index < -0.39 is 0 Å². The third kappa shape index (κ3) is 2.21. The predicted octanol–water partition coefficient (Wildman–Crippen LogP) is 2.25. The minimum Gasteiger partial charge on any atom is -0.317 e. The van der Waals surface area contributed by atoms with Crippen LogP contribution in [0.15, 0.2) is 0 Å². The van der Waals surface area contributed by atoms with Crippen molar-refractivity contribution in [1.29, 1.82) is 0 Å². The van der Waals surface area contributed by atoms with Gasteiger partial charge in [-0.25, -0.2) is 0 Å². The van der Waals surface area contributed by atoms with E-state index in [9.17, 15) is 0 Å². The summed E-state index contributed by atoms with van der Waals surface area (Å²) < 4.78 is 0. The SMILES string of the molecule is CCNCC1CCN(C2(CC)CCC2)C1. The summed E-state index contributed by atoms with van der Waals surface area (Å²) in [4.78, 5) is 2.79. The highest BCUT2D eigenvalue weighted by atomic mass is 15.2. The molecule has 0 bridgehead atoms. The van der Waals surface area contributed by atoms with Crippen LogP contribution in [0.3, 0.4) is 0 Å². The maximum atomic E-state index is 3.49. The Morgan fingerprint density at radius 1 is 1.33 bits per heavy atom. The van der Waals surface area contributed by atoms with Crippen molar-refractivity contribution in [1.82, 2.24) is 10.2 Å². The van der Waals surface area contributed by atoms with Crippen molar-refractivity contribution in [2.45, 2.75) is 51.5 Å². The Balaban J connectivity index is 1.81. The molecule has 0 radical (unpaired) electrons. The molecule has 0 aromatic carbocycles. The second-order valence-corrected chi connectivity index (χ2v) is 5.34. The number of hydrogen-bond donors (Lipinski definition) is 1. The van der Waals surface area contributed by atoms with Crippen LogP contribution in [-0.4, -0.2) is 36.6 Å². The van der Waals surface area contributed by atoms with E-state index in [-0.39, 0.29) is 0 Å². The van der Waals surface area contributed by atoms with Gasteiger partial charge in [0.05, 0.1) is 0 Å². The summed E-state index contributed by atoms with van der Waals surface area (Å²) in [6.07, 6.45) is 7.15. The number of likely N-dealkylation sites (tertiary alicyclic amines) is 1. The maximum absolute atomic E-state index is 3.49. The first-order valence-electron chi connectivity index (χ1n) is 6.76. The zero-order valence-corrected chi connectivity index (χ0v) is 10.4. The van der Waals surface area contributed by atoms with Crippen molar-refractivity contribution in [3.05, 3.63) is 0 Å². The molecule has 1 saturated heterocycles. The Morgan fingerprint density at radius 2 is 2.13 bits per heavy atom. The van der Waals surface area contributed by atoms with Gasteiger partial charge in [0.15, 0.2) is 0 Å². The normalized spacial score (nSPS) is 30.4. The van der Waals surface area contributed by atoms with E-state index in [2.05, 4.69) is 24.1 Å². The number of nitrogens with zero attached hydrogens (tertiary/aromatic N) is 1. The van der Waals surface area contributed by atoms with Crippen LogP contribution in [0.1, 0.15) is 46.0 Å². The van der Waals surface area contributed by atoms with Crippen molar-refractivity contribution >= 4 is 0 Å². The van der Waals surface area contributed by atoms with Crippen LogP contribution in [-0.2, 0) is 0 Å². The lowest BCUT2D eigenvalue weighted by atomic mass is 9.73. The summed E-state index contributed by atoms with van der Waals surface area (Å²) in [5.74, 6) is 0.911. The Morgan fingerprint density at radius 3 is 2.67 bits per heavy atom. The highest BCUT2D eigenvalue weighted by Gasteiger charge is 2.43. The van der Waals surface area contributed by atoms with Gasteiger partial charge in [0.25, 0.3) is 0 Å². The van der Waals surface area contributed by atoms with Gasteiger partial charge < -0.3 is 5.32 Å². The van der Waals surface area contributed by atoms with Crippen LogP contribution in [0.5, 0.6) is 0 Å². The average molecular weight is 210 g/mol. The van der Waals surface area contributed by atoms with Crippen LogP contribution in [0.4, 0.5) is 0 Å². The lowest BCUT2D eigenvalue weighted by molar-refractivity contribution is 0.0292. The summed E-state index contributed by atoms with van der Waals surface area (Å²) in [5.41, 5.74) is 0.626. The zero-order chi connectivity index (χ0) is 10.7. The fraction of sp³-hybridized carbons (Fsp3) is 1.00. The molecule has 0 aromatic heterocycles. The van der Waals surface area contributed by atoms with Crippen molar-refractivity contribution in [3.63, 3.8) is 0 Å². The molecule has 1 heterocycles. The van der Waals surface area contributed by atoms with Gasteiger partial charge in [0, 0.05) is 12.1 Å². The molecule has 0 aromatic rings. The molecule has 1 unspecified atom stereocenters. The lowest BCUT2D eigenvalue weighted by Gasteiger charge is -2.49. The van der Waals surface area contributed by atoms with Gasteiger partial charge in [-0.1, -0.05) is 13.8 Å². The standard InChI is InChI=1S/C13H26N2/c1-3-13(7-5-8-13)15-9-6-12(11-15)10-14-4-2/h12,14H,3-11H2,1-2H3. The van der Waals surface area contributed by atoms with E-state index in [1.165, 1.54) is 51.7 Å². The molecule has 2 heteroatoms.